The van der Waals surface area contributed by atoms with Gasteiger partial charge in [0.25, 0.3) is 0 Å². The predicted octanol–water partition coefficient (Wildman–Crippen LogP) is 1.66. The minimum absolute atomic E-state index is 0.0326. The molecule has 0 radical (unpaired) electrons. The fourth-order valence-electron chi connectivity index (χ4n) is 3.45. The first kappa shape index (κ1) is 20.9. The number of ether oxygens (including phenoxy) is 2. The first-order valence-electron chi connectivity index (χ1n) is 9.79. The average molecular weight is 400 g/mol. The molecule has 1 fully saturated rings. The van der Waals surface area contributed by atoms with E-state index in [1.54, 1.807) is 19.1 Å². The van der Waals surface area contributed by atoms with Gasteiger partial charge in [-0.3, -0.25) is 14.7 Å². The molecule has 2 heterocycles. The summed E-state index contributed by atoms with van der Waals surface area (Å²) >= 11 is 0. The smallest absolute Gasteiger partial charge is 0.225 e. The third kappa shape index (κ3) is 5.80. The number of carbonyl (C=O) groups is 2. The maximum atomic E-state index is 12.6. The van der Waals surface area contributed by atoms with Crippen LogP contribution in [0.1, 0.15) is 29.8 Å². The second kappa shape index (κ2) is 10.1. The summed E-state index contributed by atoms with van der Waals surface area (Å²) in [5.41, 5.74) is 2.76. The first-order valence-corrected chi connectivity index (χ1v) is 9.79. The molecule has 0 bridgehead atoms. The highest BCUT2D eigenvalue weighted by atomic mass is 16.5. The first-order chi connectivity index (χ1) is 14.1. The molecule has 1 atom stereocenters. The number of benzene rings is 1. The standard InChI is InChI=1S/C21H28N4O4/c1-28-14-18-11-17(23-24-18)12-22-21(27)16-5-8-20(26)25(13-16)10-9-15-3-6-19(29-2)7-4-15/h3-4,6-7,11,16H,5,8-10,12-14H2,1-2H3,(H,22,27)(H,23,24)/t16-/m1/s1. The van der Waals surface area contributed by atoms with Crippen LogP contribution in [0.15, 0.2) is 30.3 Å². The molecule has 156 valence electrons. The molecule has 29 heavy (non-hydrogen) atoms. The molecule has 1 aromatic heterocycles. The van der Waals surface area contributed by atoms with Gasteiger partial charge < -0.3 is 19.7 Å². The van der Waals surface area contributed by atoms with Crippen LogP contribution in [0.4, 0.5) is 0 Å². The van der Waals surface area contributed by atoms with Gasteiger partial charge in [0.05, 0.1) is 37.6 Å². The van der Waals surface area contributed by atoms with Gasteiger partial charge in [-0.2, -0.15) is 5.10 Å². The van der Waals surface area contributed by atoms with E-state index in [-0.39, 0.29) is 17.7 Å². The summed E-state index contributed by atoms with van der Waals surface area (Å²) in [7, 11) is 3.25. The van der Waals surface area contributed by atoms with E-state index >= 15 is 0 Å². The molecule has 0 saturated carbocycles. The number of hydrogen-bond acceptors (Lipinski definition) is 5. The molecular weight excluding hydrogens is 372 g/mol. The lowest BCUT2D eigenvalue weighted by Gasteiger charge is -2.32. The van der Waals surface area contributed by atoms with Crippen LogP contribution in [0, 0.1) is 5.92 Å². The predicted molar refractivity (Wildman–Crippen MR) is 107 cm³/mol. The van der Waals surface area contributed by atoms with Crippen molar-refractivity contribution in [2.24, 2.45) is 5.92 Å². The van der Waals surface area contributed by atoms with Crippen molar-refractivity contribution in [3.05, 3.63) is 47.3 Å². The zero-order chi connectivity index (χ0) is 20.6. The minimum Gasteiger partial charge on any atom is -0.497 e. The molecule has 1 aromatic carbocycles. The van der Waals surface area contributed by atoms with E-state index in [0.29, 0.717) is 39.1 Å². The van der Waals surface area contributed by atoms with Crippen molar-refractivity contribution in [2.45, 2.75) is 32.4 Å². The third-order valence-corrected chi connectivity index (χ3v) is 5.13. The maximum Gasteiger partial charge on any atom is 0.225 e. The fraction of sp³-hybridized carbons (Fsp3) is 0.476. The highest BCUT2D eigenvalue weighted by molar-refractivity contribution is 5.83. The molecule has 0 spiro atoms. The number of carbonyl (C=O) groups excluding carboxylic acids is 2. The number of piperidine rings is 1. The number of nitrogens with one attached hydrogen (secondary N) is 2. The lowest BCUT2D eigenvalue weighted by molar-refractivity contribution is -0.138. The van der Waals surface area contributed by atoms with Crippen LogP contribution in [0.5, 0.6) is 5.75 Å². The summed E-state index contributed by atoms with van der Waals surface area (Å²) in [5.74, 6) is 0.700. The molecule has 2 amide bonds. The molecule has 2 N–H and O–H groups in total. The number of likely N-dealkylation sites (tertiary alicyclic amines) is 1. The van der Waals surface area contributed by atoms with E-state index in [9.17, 15) is 9.59 Å². The van der Waals surface area contributed by atoms with Gasteiger partial charge in [-0.1, -0.05) is 12.1 Å². The quantitative estimate of drug-likeness (QED) is 0.667. The van der Waals surface area contributed by atoms with Crippen molar-refractivity contribution in [2.75, 3.05) is 27.3 Å². The monoisotopic (exact) mass is 400 g/mol. The van der Waals surface area contributed by atoms with Crippen molar-refractivity contribution in [1.29, 1.82) is 0 Å². The molecule has 8 heteroatoms. The Labute approximate surface area is 170 Å². The second-order valence-corrected chi connectivity index (χ2v) is 7.21. The number of aromatic nitrogens is 2. The molecule has 2 aromatic rings. The highest BCUT2D eigenvalue weighted by Crippen LogP contribution is 2.19. The maximum absolute atomic E-state index is 12.6. The fourth-order valence-corrected chi connectivity index (χ4v) is 3.45. The van der Waals surface area contributed by atoms with E-state index in [1.807, 2.05) is 30.3 Å². The van der Waals surface area contributed by atoms with Crippen LogP contribution >= 0.6 is 0 Å². The Morgan fingerprint density at radius 1 is 1.31 bits per heavy atom. The Kier molecular flexibility index (Phi) is 7.24. The molecular formula is C21H28N4O4. The number of hydrogen-bond donors (Lipinski definition) is 2. The van der Waals surface area contributed by atoms with E-state index in [0.717, 1.165) is 29.1 Å². The summed E-state index contributed by atoms with van der Waals surface area (Å²) in [4.78, 5) is 26.7. The Hall–Kier alpha value is -2.87. The van der Waals surface area contributed by atoms with Crippen molar-refractivity contribution < 1.29 is 19.1 Å². The van der Waals surface area contributed by atoms with E-state index < -0.39 is 0 Å². The number of H-pyrrole nitrogens is 1. The molecule has 1 saturated heterocycles. The van der Waals surface area contributed by atoms with Gasteiger partial charge in [-0.25, -0.2) is 0 Å². The van der Waals surface area contributed by atoms with Gasteiger partial charge in [0, 0.05) is 26.6 Å². The van der Waals surface area contributed by atoms with Crippen LogP contribution in [0.2, 0.25) is 0 Å². The minimum atomic E-state index is -0.190. The van der Waals surface area contributed by atoms with Crippen molar-refractivity contribution in [3.8, 4) is 5.75 Å². The van der Waals surface area contributed by atoms with Crippen LogP contribution in [-0.2, 0) is 33.9 Å². The van der Waals surface area contributed by atoms with Crippen LogP contribution in [0.25, 0.3) is 0 Å². The Balaban J connectivity index is 1.48. The number of amides is 2. The Bertz CT molecular complexity index is 818. The Morgan fingerprint density at radius 2 is 2.10 bits per heavy atom. The largest absolute Gasteiger partial charge is 0.497 e. The second-order valence-electron chi connectivity index (χ2n) is 7.21. The third-order valence-electron chi connectivity index (χ3n) is 5.13. The van der Waals surface area contributed by atoms with Crippen LogP contribution in [-0.4, -0.2) is 54.2 Å². The molecule has 1 aliphatic rings. The van der Waals surface area contributed by atoms with Gasteiger partial charge in [0.15, 0.2) is 0 Å². The van der Waals surface area contributed by atoms with Gasteiger partial charge in [-0.05, 0) is 36.6 Å². The SMILES string of the molecule is COCc1cc(CNC(=O)[C@@H]2CCC(=O)N(CCc3ccc(OC)cc3)C2)[nH]n1. The summed E-state index contributed by atoms with van der Waals surface area (Å²) in [5, 5.41) is 9.96. The summed E-state index contributed by atoms with van der Waals surface area (Å²) in [6.07, 6.45) is 1.74. The number of nitrogens with zero attached hydrogens (tertiary/aromatic N) is 2. The van der Waals surface area contributed by atoms with Crippen molar-refractivity contribution >= 4 is 11.8 Å². The Morgan fingerprint density at radius 3 is 2.83 bits per heavy atom. The van der Waals surface area contributed by atoms with E-state index in [2.05, 4.69) is 15.5 Å². The highest BCUT2D eigenvalue weighted by Gasteiger charge is 2.29. The average Bonchev–Trinajstić information content (AvgIpc) is 3.19. The summed E-state index contributed by atoms with van der Waals surface area (Å²) < 4.78 is 10.2. The topological polar surface area (TPSA) is 96.5 Å². The van der Waals surface area contributed by atoms with Crippen LogP contribution in [0.3, 0.4) is 0 Å². The van der Waals surface area contributed by atoms with Crippen molar-refractivity contribution in [3.63, 3.8) is 0 Å². The normalized spacial score (nSPS) is 16.7. The van der Waals surface area contributed by atoms with Gasteiger partial charge in [-0.15, -0.1) is 0 Å². The molecule has 0 aliphatic carbocycles. The molecule has 3 rings (SSSR count). The lowest BCUT2D eigenvalue weighted by atomic mass is 9.96. The summed E-state index contributed by atoms with van der Waals surface area (Å²) in [6.45, 7) is 1.87. The number of methoxy groups -OCH3 is 2. The zero-order valence-electron chi connectivity index (χ0n) is 16.9. The zero-order valence-corrected chi connectivity index (χ0v) is 16.9. The molecule has 8 nitrogen and oxygen atoms in total. The molecule has 1 aliphatic heterocycles. The summed E-state index contributed by atoms with van der Waals surface area (Å²) in [6, 6.07) is 9.70. The van der Waals surface area contributed by atoms with E-state index in [1.165, 1.54) is 0 Å². The van der Waals surface area contributed by atoms with Gasteiger partial charge >= 0.3 is 0 Å². The number of rotatable bonds is 9. The lowest BCUT2D eigenvalue weighted by Crippen LogP contribution is -2.46. The van der Waals surface area contributed by atoms with E-state index in [4.69, 9.17) is 9.47 Å². The van der Waals surface area contributed by atoms with Gasteiger partial charge in [0.1, 0.15) is 5.75 Å². The van der Waals surface area contributed by atoms with Gasteiger partial charge in [0.2, 0.25) is 11.8 Å². The van der Waals surface area contributed by atoms with Crippen LogP contribution < -0.4 is 10.1 Å². The number of aromatic amines is 1. The molecule has 0 unspecified atom stereocenters. The van der Waals surface area contributed by atoms with Crippen molar-refractivity contribution in [1.82, 2.24) is 20.4 Å².